The molecule has 1 amide bonds. The molecule has 3 aromatic rings. The first-order valence-electron chi connectivity index (χ1n) is 8.59. The van der Waals surface area contributed by atoms with Gasteiger partial charge in [-0.1, -0.05) is 18.2 Å². The van der Waals surface area contributed by atoms with Crippen LogP contribution in [0, 0.1) is 13.8 Å². The molecule has 4 heteroatoms. The fourth-order valence-corrected chi connectivity index (χ4v) is 3.77. The number of amides is 1. The number of benzene rings is 1. The topological polar surface area (TPSA) is 49.2 Å². The minimum atomic E-state index is 0.0766. The van der Waals surface area contributed by atoms with Gasteiger partial charge in [-0.15, -0.1) is 0 Å². The third-order valence-electron chi connectivity index (χ3n) is 4.94. The summed E-state index contributed by atoms with van der Waals surface area (Å²) in [4.78, 5) is 18.6. The highest BCUT2D eigenvalue weighted by Crippen LogP contribution is 2.34. The molecule has 1 aromatic carbocycles. The van der Waals surface area contributed by atoms with Crippen molar-refractivity contribution >= 4 is 16.8 Å². The van der Waals surface area contributed by atoms with Gasteiger partial charge in [0, 0.05) is 17.8 Å². The predicted octanol–water partition coefficient (Wildman–Crippen LogP) is 4.75. The average Bonchev–Trinajstić information content (AvgIpc) is 3.17. The van der Waals surface area contributed by atoms with Crippen LogP contribution in [0.25, 0.3) is 10.9 Å². The van der Waals surface area contributed by atoms with Gasteiger partial charge in [-0.05, 0) is 56.7 Å². The van der Waals surface area contributed by atoms with E-state index < -0.39 is 0 Å². The zero-order valence-corrected chi connectivity index (χ0v) is 14.1. The van der Waals surface area contributed by atoms with Crippen LogP contribution in [0.1, 0.15) is 52.9 Å². The Bertz CT molecular complexity index is 857. The second kappa shape index (κ2) is 5.86. The third kappa shape index (κ3) is 2.52. The Kier molecular flexibility index (Phi) is 3.68. The third-order valence-corrected chi connectivity index (χ3v) is 4.94. The zero-order valence-electron chi connectivity index (χ0n) is 14.1. The summed E-state index contributed by atoms with van der Waals surface area (Å²) in [7, 11) is 0. The van der Waals surface area contributed by atoms with Gasteiger partial charge >= 0.3 is 0 Å². The van der Waals surface area contributed by atoms with Gasteiger partial charge < -0.3 is 14.3 Å². The van der Waals surface area contributed by atoms with Crippen LogP contribution in [0.3, 0.4) is 0 Å². The number of aromatic nitrogens is 1. The summed E-state index contributed by atoms with van der Waals surface area (Å²) in [5.41, 5.74) is 2.94. The first-order valence-corrected chi connectivity index (χ1v) is 8.59. The average molecular weight is 322 g/mol. The molecule has 0 bridgehead atoms. The van der Waals surface area contributed by atoms with Crippen LogP contribution in [-0.4, -0.2) is 22.3 Å². The molecule has 0 saturated carbocycles. The normalized spacial score (nSPS) is 18.2. The second-order valence-corrected chi connectivity index (χ2v) is 6.65. The Morgan fingerprint density at radius 1 is 1.21 bits per heavy atom. The number of hydrogen-bond acceptors (Lipinski definition) is 2. The lowest BCUT2D eigenvalue weighted by Crippen LogP contribution is -2.38. The molecular formula is C20H22N2O2. The van der Waals surface area contributed by atoms with Crippen molar-refractivity contribution in [2.45, 2.75) is 39.2 Å². The monoisotopic (exact) mass is 322 g/mol. The van der Waals surface area contributed by atoms with Gasteiger partial charge in [-0.25, -0.2) is 0 Å². The van der Waals surface area contributed by atoms with Gasteiger partial charge in [0.05, 0.1) is 11.6 Å². The lowest BCUT2D eigenvalue weighted by molar-refractivity contribution is 0.0605. The predicted molar refractivity (Wildman–Crippen MR) is 94.1 cm³/mol. The zero-order chi connectivity index (χ0) is 16.7. The van der Waals surface area contributed by atoms with Crippen LogP contribution < -0.4 is 0 Å². The Morgan fingerprint density at radius 3 is 2.79 bits per heavy atom. The number of aryl methyl sites for hydroxylation is 2. The molecule has 24 heavy (non-hydrogen) atoms. The molecule has 0 radical (unpaired) electrons. The number of furan rings is 1. The van der Waals surface area contributed by atoms with E-state index >= 15 is 0 Å². The van der Waals surface area contributed by atoms with E-state index in [1.807, 2.05) is 36.9 Å². The van der Waals surface area contributed by atoms with Gasteiger partial charge in [0.2, 0.25) is 0 Å². The maximum atomic E-state index is 13.1. The number of carbonyl (C=O) groups is 1. The highest BCUT2D eigenvalue weighted by atomic mass is 16.3. The number of carbonyl (C=O) groups excluding carboxylic acids is 1. The Hall–Kier alpha value is -2.49. The van der Waals surface area contributed by atoms with E-state index in [9.17, 15) is 4.79 Å². The number of para-hydroxylation sites is 1. The van der Waals surface area contributed by atoms with E-state index in [1.165, 1.54) is 5.39 Å². The molecule has 1 aliphatic rings. The summed E-state index contributed by atoms with van der Waals surface area (Å²) in [6.45, 7) is 4.54. The van der Waals surface area contributed by atoms with Crippen LogP contribution in [0.4, 0.5) is 0 Å². The van der Waals surface area contributed by atoms with Crippen molar-refractivity contribution < 1.29 is 9.21 Å². The van der Waals surface area contributed by atoms with Crippen LogP contribution >= 0.6 is 0 Å². The molecule has 1 fully saturated rings. The number of nitrogens with one attached hydrogen (secondary N) is 1. The van der Waals surface area contributed by atoms with Crippen LogP contribution in [0.2, 0.25) is 0 Å². The van der Waals surface area contributed by atoms with Gasteiger partial charge in [-0.3, -0.25) is 4.79 Å². The number of piperidine rings is 1. The maximum Gasteiger partial charge on any atom is 0.257 e. The van der Waals surface area contributed by atoms with E-state index in [0.29, 0.717) is 11.3 Å². The van der Waals surface area contributed by atoms with E-state index in [4.69, 9.17) is 4.42 Å². The van der Waals surface area contributed by atoms with E-state index in [2.05, 4.69) is 23.2 Å². The number of rotatable bonds is 2. The number of hydrogen-bond donors (Lipinski definition) is 1. The highest BCUT2D eigenvalue weighted by Gasteiger charge is 2.31. The standard InChI is InChI=1S/C20H22N2O2/c1-13-11-16(14(2)24-13)20(23)22-10-6-5-9-19(22)18-12-15-7-3-4-8-17(15)21-18/h3-4,7-8,11-12,19,21H,5-6,9-10H2,1-2H3/t19-/m0/s1. The molecule has 0 spiro atoms. The fraction of sp³-hybridized carbons (Fsp3) is 0.350. The van der Waals surface area contributed by atoms with Crippen molar-refractivity contribution in [3.63, 3.8) is 0 Å². The molecule has 4 nitrogen and oxygen atoms in total. The number of likely N-dealkylation sites (tertiary alicyclic amines) is 1. The minimum Gasteiger partial charge on any atom is -0.466 e. The summed E-state index contributed by atoms with van der Waals surface area (Å²) in [5, 5.41) is 1.20. The van der Waals surface area contributed by atoms with Crippen molar-refractivity contribution in [2.75, 3.05) is 6.54 Å². The van der Waals surface area contributed by atoms with Crippen molar-refractivity contribution in [3.8, 4) is 0 Å². The molecule has 1 atom stereocenters. The Labute approximate surface area is 141 Å². The second-order valence-electron chi connectivity index (χ2n) is 6.65. The quantitative estimate of drug-likeness (QED) is 0.740. The SMILES string of the molecule is Cc1cc(C(=O)N2CCCC[C@H]2c2cc3ccccc3[nH]2)c(C)o1. The molecular weight excluding hydrogens is 300 g/mol. The number of aromatic amines is 1. The molecule has 124 valence electrons. The van der Waals surface area contributed by atoms with E-state index in [1.54, 1.807) is 0 Å². The molecule has 0 unspecified atom stereocenters. The van der Waals surface area contributed by atoms with Crippen molar-refractivity contribution in [2.24, 2.45) is 0 Å². The summed E-state index contributed by atoms with van der Waals surface area (Å²) in [5.74, 6) is 1.57. The summed E-state index contributed by atoms with van der Waals surface area (Å²) >= 11 is 0. The number of fused-ring (bicyclic) bond motifs is 1. The van der Waals surface area contributed by atoms with E-state index in [-0.39, 0.29) is 11.9 Å². The number of nitrogens with zero attached hydrogens (tertiary/aromatic N) is 1. The van der Waals surface area contributed by atoms with E-state index in [0.717, 1.165) is 42.8 Å². The Balaban J connectivity index is 1.70. The molecule has 3 heterocycles. The molecule has 0 aliphatic carbocycles. The summed E-state index contributed by atoms with van der Waals surface area (Å²) in [6, 6.07) is 12.4. The summed E-state index contributed by atoms with van der Waals surface area (Å²) < 4.78 is 5.56. The van der Waals surface area contributed by atoms with Gasteiger partial charge in [0.25, 0.3) is 5.91 Å². The van der Waals surface area contributed by atoms with Crippen LogP contribution in [0.15, 0.2) is 40.8 Å². The van der Waals surface area contributed by atoms with Crippen LogP contribution in [0.5, 0.6) is 0 Å². The highest BCUT2D eigenvalue weighted by molar-refractivity contribution is 5.95. The molecule has 1 saturated heterocycles. The Morgan fingerprint density at radius 2 is 2.04 bits per heavy atom. The van der Waals surface area contributed by atoms with Crippen molar-refractivity contribution in [1.29, 1.82) is 0 Å². The lowest BCUT2D eigenvalue weighted by Gasteiger charge is -2.35. The number of H-pyrrole nitrogens is 1. The fourth-order valence-electron chi connectivity index (χ4n) is 3.77. The largest absolute Gasteiger partial charge is 0.466 e. The first-order chi connectivity index (χ1) is 11.6. The lowest BCUT2D eigenvalue weighted by atomic mass is 9.98. The molecule has 1 aliphatic heterocycles. The smallest absolute Gasteiger partial charge is 0.257 e. The van der Waals surface area contributed by atoms with Gasteiger partial charge in [-0.2, -0.15) is 0 Å². The molecule has 1 N–H and O–H groups in total. The van der Waals surface area contributed by atoms with Crippen LogP contribution in [-0.2, 0) is 0 Å². The summed E-state index contributed by atoms with van der Waals surface area (Å²) in [6.07, 6.45) is 3.19. The van der Waals surface area contributed by atoms with Gasteiger partial charge in [0.1, 0.15) is 11.5 Å². The maximum absolute atomic E-state index is 13.1. The van der Waals surface area contributed by atoms with Crippen molar-refractivity contribution in [1.82, 2.24) is 9.88 Å². The van der Waals surface area contributed by atoms with Crippen molar-refractivity contribution in [3.05, 3.63) is 59.2 Å². The first kappa shape index (κ1) is 15.1. The van der Waals surface area contributed by atoms with Gasteiger partial charge in [0.15, 0.2) is 0 Å². The minimum absolute atomic E-state index is 0.0766. The molecule has 4 rings (SSSR count). The molecule has 2 aromatic heterocycles.